The van der Waals surface area contributed by atoms with Gasteiger partial charge in [-0.2, -0.15) is 0 Å². The number of carbonyl (C=O) groups excluding carboxylic acids is 1. The summed E-state index contributed by atoms with van der Waals surface area (Å²) in [5.41, 5.74) is 4.12. The largest absolute Gasteiger partial charge is 0.350 e. The van der Waals surface area contributed by atoms with Gasteiger partial charge in [-0.3, -0.25) is 9.78 Å². The van der Waals surface area contributed by atoms with Crippen LogP contribution in [0.2, 0.25) is 0 Å². The van der Waals surface area contributed by atoms with Crippen molar-refractivity contribution in [2.24, 2.45) is 0 Å². The number of aromatic nitrogens is 2. The maximum absolute atomic E-state index is 12.2. The minimum Gasteiger partial charge on any atom is -0.350 e. The molecule has 0 radical (unpaired) electrons. The second-order valence-electron chi connectivity index (χ2n) is 5.93. The lowest BCUT2D eigenvalue weighted by atomic mass is 10.1. The third-order valence-electron chi connectivity index (χ3n) is 4.04. The number of thiazole rings is 1. The number of fused-ring (bicyclic) bond motifs is 1. The fourth-order valence-electron chi connectivity index (χ4n) is 2.75. The molecule has 1 amide bonds. The van der Waals surface area contributed by atoms with Crippen molar-refractivity contribution >= 4 is 27.5 Å². The van der Waals surface area contributed by atoms with Crippen LogP contribution in [-0.2, 0) is 17.8 Å². The van der Waals surface area contributed by atoms with E-state index in [9.17, 15) is 4.79 Å². The Hall–Kier alpha value is -3.05. The van der Waals surface area contributed by atoms with Crippen LogP contribution in [0, 0.1) is 0 Å². The zero-order valence-electron chi connectivity index (χ0n) is 14.1. The minimum absolute atomic E-state index is 0.0435. The maximum atomic E-state index is 12.2. The van der Waals surface area contributed by atoms with Gasteiger partial charge in [0.1, 0.15) is 5.01 Å². The summed E-state index contributed by atoms with van der Waals surface area (Å²) in [6, 6.07) is 22.1. The molecule has 0 fully saturated rings. The second kappa shape index (κ2) is 7.45. The lowest BCUT2D eigenvalue weighted by molar-refractivity contribution is -0.120. The lowest BCUT2D eigenvalue weighted by Crippen LogP contribution is -2.24. The van der Waals surface area contributed by atoms with E-state index >= 15 is 0 Å². The highest BCUT2D eigenvalue weighted by Crippen LogP contribution is 2.28. The number of carbonyl (C=O) groups is 1. The molecule has 0 bridgehead atoms. The standard InChI is InChI=1S/C21H17N3OS/c25-20(23-14-17-8-4-5-11-22-17)13-21-24-18-10-9-16(12-19(18)26-21)15-6-2-1-3-7-15/h1-12H,13-14H2,(H,23,25). The van der Waals surface area contributed by atoms with Crippen molar-refractivity contribution < 1.29 is 4.79 Å². The molecule has 0 spiro atoms. The molecule has 128 valence electrons. The number of hydrogen-bond acceptors (Lipinski definition) is 4. The van der Waals surface area contributed by atoms with Crippen LogP contribution in [0.1, 0.15) is 10.7 Å². The SMILES string of the molecule is O=C(Cc1nc2ccc(-c3ccccc3)cc2s1)NCc1ccccn1. The summed E-state index contributed by atoms with van der Waals surface area (Å²) < 4.78 is 1.10. The zero-order valence-corrected chi connectivity index (χ0v) is 14.9. The Labute approximate surface area is 155 Å². The Morgan fingerprint density at radius 2 is 1.81 bits per heavy atom. The highest BCUT2D eigenvalue weighted by Gasteiger charge is 2.10. The third kappa shape index (κ3) is 3.78. The van der Waals surface area contributed by atoms with E-state index in [1.807, 2.05) is 42.5 Å². The Balaban J connectivity index is 1.46. The molecule has 5 heteroatoms. The van der Waals surface area contributed by atoms with Crippen molar-refractivity contribution in [2.45, 2.75) is 13.0 Å². The first-order valence-corrected chi connectivity index (χ1v) is 9.21. The topological polar surface area (TPSA) is 54.9 Å². The molecule has 0 aliphatic heterocycles. The molecule has 2 aromatic heterocycles. The van der Waals surface area contributed by atoms with Crippen LogP contribution in [0.25, 0.3) is 21.3 Å². The Morgan fingerprint density at radius 3 is 2.62 bits per heavy atom. The van der Waals surface area contributed by atoms with E-state index in [1.165, 1.54) is 5.56 Å². The molecule has 26 heavy (non-hydrogen) atoms. The van der Waals surface area contributed by atoms with E-state index in [4.69, 9.17) is 0 Å². The van der Waals surface area contributed by atoms with E-state index in [0.29, 0.717) is 6.54 Å². The number of pyridine rings is 1. The van der Waals surface area contributed by atoms with Gasteiger partial charge in [0, 0.05) is 6.20 Å². The van der Waals surface area contributed by atoms with E-state index in [-0.39, 0.29) is 12.3 Å². The van der Waals surface area contributed by atoms with E-state index in [1.54, 1.807) is 17.5 Å². The molecule has 0 aliphatic rings. The Morgan fingerprint density at radius 1 is 0.962 bits per heavy atom. The van der Waals surface area contributed by atoms with E-state index < -0.39 is 0 Å². The number of nitrogens with one attached hydrogen (secondary N) is 1. The van der Waals surface area contributed by atoms with Crippen molar-refractivity contribution in [1.82, 2.24) is 15.3 Å². The molecule has 4 nitrogen and oxygen atoms in total. The third-order valence-corrected chi connectivity index (χ3v) is 5.06. The van der Waals surface area contributed by atoms with Gasteiger partial charge in [0.15, 0.2) is 0 Å². The summed E-state index contributed by atoms with van der Waals surface area (Å²) in [5, 5.41) is 3.72. The molecule has 0 aliphatic carbocycles. The molecule has 2 aromatic carbocycles. The van der Waals surface area contributed by atoms with Crippen LogP contribution >= 0.6 is 11.3 Å². The van der Waals surface area contributed by atoms with Crippen LogP contribution in [0.15, 0.2) is 72.9 Å². The quantitative estimate of drug-likeness (QED) is 0.580. The molecular formula is C21H17N3OS. The average molecular weight is 359 g/mol. The molecule has 0 unspecified atom stereocenters. The monoisotopic (exact) mass is 359 g/mol. The number of amides is 1. The molecule has 1 N–H and O–H groups in total. The fourth-order valence-corrected chi connectivity index (χ4v) is 3.76. The van der Waals surface area contributed by atoms with Crippen molar-refractivity contribution in [3.05, 3.63) is 83.6 Å². The first-order valence-electron chi connectivity index (χ1n) is 8.39. The van der Waals surface area contributed by atoms with Crippen LogP contribution < -0.4 is 5.32 Å². The van der Waals surface area contributed by atoms with Crippen molar-refractivity contribution in [1.29, 1.82) is 0 Å². The maximum Gasteiger partial charge on any atom is 0.227 e. The summed E-state index contributed by atoms with van der Waals surface area (Å²) in [5.74, 6) is -0.0435. The fraction of sp³-hybridized carbons (Fsp3) is 0.0952. The predicted octanol–water partition coefficient (Wildman–Crippen LogP) is 4.22. The van der Waals surface area contributed by atoms with Crippen molar-refractivity contribution in [2.75, 3.05) is 0 Å². The first kappa shape index (κ1) is 16.4. The first-order chi connectivity index (χ1) is 12.8. The van der Waals surface area contributed by atoms with Gasteiger partial charge >= 0.3 is 0 Å². The van der Waals surface area contributed by atoms with Gasteiger partial charge in [-0.05, 0) is 35.4 Å². The predicted molar refractivity (Wildman–Crippen MR) is 105 cm³/mol. The van der Waals surface area contributed by atoms with Crippen molar-refractivity contribution in [3.63, 3.8) is 0 Å². The smallest absolute Gasteiger partial charge is 0.227 e. The van der Waals surface area contributed by atoms with Crippen molar-refractivity contribution in [3.8, 4) is 11.1 Å². The summed E-state index contributed by atoms with van der Waals surface area (Å²) in [6.45, 7) is 0.433. The minimum atomic E-state index is -0.0435. The van der Waals surface area contributed by atoms with Crippen LogP contribution in [0.4, 0.5) is 0 Å². The van der Waals surface area contributed by atoms with Crippen LogP contribution in [0.3, 0.4) is 0 Å². The zero-order chi connectivity index (χ0) is 17.8. The molecule has 0 atom stereocenters. The van der Waals surface area contributed by atoms with Gasteiger partial charge < -0.3 is 5.32 Å². The van der Waals surface area contributed by atoms with Gasteiger partial charge in [0.05, 0.1) is 28.9 Å². The van der Waals surface area contributed by atoms with Gasteiger partial charge in [0.2, 0.25) is 5.91 Å². The molecule has 4 aromatic rings. The lowest BCUT2D eigenvalue weighted by Gasteiger charge is -2.02. The number of rotatable bonds is 5. The van der Waals surface area contributed by atoms with Gasteiger partial charge in [-0.15, -0.1) is 11.3 Å². The van der Waals surface area contributed by atoms with Crippen LogP contribution in [-0.4, -0.2) is 15.9 Å². The number of hydrogen-bond donors (Lipinski definition) is 1. The molecule has 2 heterocycles. The van der Waals surface area contributed by atoms with Gasteiger partial charge in [-0.1, -0.05) is 42.5 Å². The molecule has 0 saturated heterocycles. The number of benzene rings is 2. The van der Waals surface area contributed by atoms with Crippen LogP contribution in [0.5, 0.6) is 0 Å². The highest BCUT2D eigenvalue weighted by molar-refractivity contribution is 7.18. The summed E-state index contributed by atoms with van der Waals surface area (Å²) in [6.07, 6.45) is 2.01. The second-order valence-corrected chi connectivity index (χ2v) is 7.05. The normalized spacial score (nSPS) is 10.8. The summed E-state index contributed by atoms with van der Waals surface area (Å²) >= 11 is 1.57. The Bertz CT molecular complexity index is 1030. The molecular weight excluding hydrogens is 342 g/mol. The molecule has 0 saturated carbocycles. The summed E-state index contributed by atoms with van der Waals surface area (Å²) in [7, 11) is 0. The highest BCUT2D eigenvalue weighted by atomic mass is 32.1. The van der Waals surface area contributed by atoms with Gasteiger partial charge in [-0.25, -0.2) is 4.98 Å². The Kier molecular flexibility index (Phi) is 4.71. The summed E-state index contributed by atoms with van der Waals surface area (Å²) in [4.78, 5) is 21.0. The number of nitrogens with zero attached hydrogens (tertiary/aromatic N) is 2. The van der Waals surface area contributed by atoms with E-state index in [0.717, 1.165) is 26.5 Å². The van der Waals surface area contributed by atoms with E-state index in [2.05, 4.69) is 39.6 Å². The van der Waals surface area contributed by atoms with Gasteiger partial charge in [0.25, 0.3) is 0 Å². The average Bonchev–Trinajstić information content (AvgIpc) is 3.09. The molecule has 4 rings (SSSR count).